The summed E-state index contributed by atoms with van der Waals surface area (Å²) < 4.78 is 34.6. The van der Waals surface area contributed by atoms with Gasteiger partial charge < -0.3 is 14.7 Å². The molecule has 0 aromatic heterocycles. The second-order valence-corrected chi connectivity index (χ2v) is 10.7. The summed E-state index contributed by atoms with van der Waals surface area (Å²) in [6.45, 7) is 5.67. The first-order chi connectivity index (χ1) is 16.2. The molecule has 3 rings (SSSR count). The quantitative estimate of drug-likeness (QED) is 0.650. The minimum atomic E-state index is -3.88. The van der Waals surface area contributed by atoms with Gasteiger partial charge in [0.2, 0.25) is 15.9 Å². The Kier molecular flexibility index (Phi) is 8.52. The third-order valence-electron chi connectivity index (χ3n) is 6.13. The van der Waals surface area contributed by atoms with E-state index in [1.54, 1.807) is 37.1 Å². The minimum Gasteiger partial charge on any atom is -0.487 e. The molecule has 3 atom stereocenters. The third-order valence-corrected chi connectivity index (χ3v) is 8.15. The summed E-state index contributed by atoms with van der Waals surface area (Å²) in [5.41, 5.74) is 1.75. The summed E-state index contributed by atoms with van der Waals surface area (Å²) in [5.74, 6) is -0.0133. The van der Waals surface area contributed by atoms with Crippen LogP contribution < -0.4 is 4.74 Å². The van der Waals surface area contributed by atoms with E-state index in [0.717, 1.165) is 11.1 Å². The van der Waals surface area contributed by atoms with Crippen molar-refractivity contribution >= 4 is 22.0 Å². The Hall–Kier alpha value is -2.68. The maximum atomic E-state index is 13.5. The molecular formula is C26H34N2O5S. The van der Waals surface area contributed by atoms with Gasteiger partial charge in [0.1, 0.15) is 16.7 Å². The lowest BCUT2D eigenvalue weighted by Gasteiger charge is -2.37. The number of carbonyl (C=O) groups is 1. The first kappa shape index (κ1) is 25.9. The zero-order valence-corrected chi connectivity index (χ0v) is 21.0. The molecule has 1 aliphatic heterocycles. The van der Waals surface area contributed by atoms with Crippen LogP contribution in [0.2, 0.25) is 0 Å². The lowest BCUT2D eigenvalue weighted by Crippen LogP contribution is -2.50. The number of hydrogen-bond acceptors (Lipinski definition) is 5. The topological polar surface area (TPSA) is 87.2 Å². The highest BCUT2D eigenvalue weighted by atomic mass is 32.2. The molecule has 0 unspecified atom stereocenters. The molecule has 8 heteroatoms. The smallest absolute Gasteiger partial charge is 0.247 e. The molecule has 0 spiro atoms. The van der Waals surface area contributed by atoms with Gasteiger partial charge in [0.15, 0.2) is 0 Å². The molecule has 7 nitrogen and oxygen atoms in total. The van der Waals surface area contributed by atoms with Gasteiger partial charge in [-0.1, -0.05) is 55.5 Å². The van der Waals surface area contributed by atoms with Crippen LogP contribution in [-0.2, 0) is 21.2 Å². The Morgan fingerprint density at radius 1 is 1.26 bits per heavy atom. The zero-order valence-electron chi connectivity index (χ0n) is 20.2. The van der Waals surface area contributed by atoms with E-state index in [4.69, 9.17) is 4.74 Å². The van der Waals surface area contributed by atoms with Crippen LogP contribution in [0.5, 0.6) is 5.75 Å². The minimum absolute atomic E-state index is 0.0415. The molecule has 1 N–H and O–H groups in total. The number of allylic oxidation sites excluding steroid dienone is 1. The number of fused-ring (bicyclic) bond motifs is 1. The number of likely N-dealkylation sites (N-methyl/N-ethyl adjacent to an activating group) is 1. The predicted molar refractivity (Wildman–Crippen MR) is 133 cm³/mol. The van der Waals surface area contributed by atoms with Crippen LogP contribution in [-0.4, -0.2) is 67.5 Å². The van der Waals surface area contributed by atoms with Gasteiger partial charge in [-0.3, -0.25) is 4.79 Å². The average Bonchev–Trinajstić information content (AvgIpc) is 2.81. The van der Waals surface area contributed by atoms with E-state index < -0.39 is 22.2 Å². The van der Waals surface area contributed by atoms with Gasteiger partial charge in [0, 0.05) is 25.6 Å². The van der Waals surface area contributed by atoms with Crippen LogP contribution in [0.25, 0.3) is 6.08 Å². The maximum absolute atomic E-state index is 13.5. The van der Waals surface area contributed by atoms with Crippen LogP contribution in [0.1, 0.15) is 31.9 Å². The van der Waals surface area contributed by atoms with Gasteiger partial charge in [-0.15, -0.1) is 0 Å². The van der Waals surface area contributed by atoms with Gasteiger partial charge in [-0.05, 0) is 37.1 Å². The van der Waals surface area contributed by atoms with Crippen molar-refractivity contribution in [2.45, 2.75) is 44.2 Å². The monoisotopic (exact) mass is 486 g/mol. The van der Waals surface area contributed by atoms with Crippen molar-refractivity contribution in [3.8, 4) is 5.75 Å². The Labute approximate surface area is 202 Å². The predicted octanol–water partition coefficient (Wildman–Crippen LogP) is 3.19. The SMILES string of the molecule is C/C=C/c1ccc2c(c1)O[C@@H](CN(C)C(=O)Cc1ccccc1)[C@@H](C)CN([C@H](C)CO)S2(=O)=O. The molecule has 0 bridgehead atoms. The second-order valence-electron chi connectivity index (χ2n) is 8.88. The van der Waals surface area contributed by atoms with Crippen LogP contribution >= 0.6 is 0 Å². The van der Waals surface area contributed by atoms with Crippen molar-refractivity contribution < 1.29 is 23.1 Å². The normalized spacial score (nSPS) is 21.2. The number of ether oxygens (including phenoxy) is 1. The summed E-state index contributed by atoms with van der Waals surface area (Å²) >= 11 is 0. The lowest BCUT2D eigenvalue weighted by atomic mass is 10.0. The van der Waals surface area contributed by atoms with Crippen LogP contribution in [0, 0.1) is 5.92 Å². The van der Waals surface area contributed by atoms with Crippen molar-refractivity contribution in [1.29, 1.82) is 0 Å². The van der Waals surface area contributed by atoms with E-state index in [9.17, 15) is 18.3 Å². The number of amides is 1. The van der Waals surface area contributed by atoms with Crippen LogP contribution in [0.15, 0.2) is 59.5 Å². The molecule has 184 valence electrons. The summed E-state index contributed by atoms with van der Waals surface area (Å²) in [7, 11) is -2.15. The molecule has 1 aliphatic rings. The highest BCUT2D eigenvalue weighted by Crippen LogP contribution is 2.34. The number of rotatable bonds is 7. The van der Waals surface area contributed by atoms with Crippen LogP contribution in [0.4, 0.5) is 0 Å². The number of sulfonamides is 1. The van der Waals surface area contributed by atoms with E-state index >= 15 is 0 Å². The summed E-state index contributed by atoms with van der Waals surface area (Å²) in [4.78, 5) is 14.6. The molecule has 2 aromatic rings. The lowest BCUT2D eigenvalue weighted by molar-refractivity contribution is -0.130. The molecule has 0 aliphatic carbocycles. The number of nitrogens with zero attached hydrogens (tertiary/aromatic N) is 2. The van der Waals surface area contributed by atoms with Crippen molar-refractivity contribution in [1.82, 2.24) is 9.21 Å². The Bertz CT molecular complexity index is 1120. The van der Waals surface area contributed by atoms with Gasteiger partial charge in [0.25, 0.3) is 0 Å². The summed E-state index contributed by atoms with van der Waals surface area (Å²) in [6.07, 6.45) is 3.59. The second kappa shape index (κ2) is 11.2. The fourth-order valence-corrected chi connectivity index (χ4v) is 5.86. The molecule has 34 heavy (non-hydrogen) atoms. The molecule has 2 aromatic carbocycles. The third kappa shape index (κ3) is 5.87. The first-order valence-electron chi connectivity index (χ1n) is 11.5. The van der Waals surface area contributed by atoms with E-state index in [1.807, 2.05) is 56.3 Å². The maximum Gasteiger partial charge on any atom is 0.247 e. The summed E-state index contributed by atoms with van der Waals surface area (Å²) in [6, 6.07) is 14.0. The van der Waals surface area contributed by atoms with Gasteiger partial charge in [-0.2, -0.15) is 4.31 Å². The number of aliphatic hydroxyl groups is 1. The Morgan fingerprint density at radius 2 is 1.97 bits per heavy atom. The first-order valence-corrected chi connectivity index (χ1v) is 12.9. The summed E-state index contributed by atoms with van der Waals surface area (Å²) in [5, 5.41) is 9.75. The fraction of sp³-hybridized carbons (Fsp3) is 0.423. The number of aliphatic hydroxyl groups excluding tert-OH is 1. The molecule has 0 radical (unpaired) electrons. The van der Waals surface area contributed by atoms with E-state index in [0.29, 0.717) is 6.54 Å². The Balaban J connectivity index is 1.94. The zero-order chi connectivity index (χ0) is 24.9. The van der Waals surface area contributed by atoms with E-state index in [1.165, 1.54) is 4.31 Å². The van der Waals surface area contributed by atoms with Gasteiger partial charge in [-0.25, -0.2) is 8.42 Å². The van der Waals surface area contributed by atoms with Crippen molar-refractivity contribution in [2.75, 3.05) is 26.7 Å². The number of benzene rings is 2. The van der Waals surface area contributed by atoms with Crippen molar-refractivity contribution in [2.24, 2.45) is 5.92 Å². The number of carbonyl (C=O) groups excluding carboxylic acids is 1. The standard InChI is InChI=1S/C26H34N2O5S/c1-5-9-21-12-13-25-23(14-21)33-24(19(2)16-28(20(3)18-29)34(25,31)32)17-27(4)26(30)15-22-10-7-6-8-11-22/h5-14,19-20,24,29H,15-18H2,1-4H3/b9-5+/t19-,20+,24-/m0/s1. The molecule has 0 saturated carbocycles. The fourth-order valence-electron chi connectivity index (χ4n) is 4.03. The van der Waals surface area contributed by atoms with E-state index in [-0.39, 0.29) is 42.0 Å². The molecular weight excluding hydrogens is 452 g/mol. The average molecular weight is 487 g/mol. The van der Waals surface area contributed by atoms with Crippen LogP contribution in [0.3, 0.4) is 0 Å². The number of hydrogen-bond donors (Lipinski definition) is 1. The van der Waals surface area contributed by atoms with Crippen molar-refractivity contribution in [3.63, 3.8) is 0 Å². The molecule has 0 saturated heterocycles. The van der Waals surface area contributed by atoms with Crippen molar-refractivity contribution in [3.05, 3.63) is 65.7 Å². The highest BCUT2D eigenvalue weighted by molar-refractivity contribution is 7.89. The Morgan fingerprint density at radius 3 is 2.62 bits per heavy atom. The highest BCUT2D eigenvalue weighted by Gasteiger charge is 2.38. The molecule has 1 amide bonds. The molecule has 1 heterocycles. The molecule has 0 fully saturated rings. The van der Waals surface area contributed by atoms with Gasteiger partial charge >= 0.3 is 0 Å². The van der Waals surface area contributed by atoms with Gasteiger partial charge in [0.05, 0.1) is 19.6 Å². The van der Waals surface area contributed by atoms with E-state index in [2.05, 4.69) is 0 Å². The largest absolute Gasteiger partial charge is 0.487 e.